The largest absolute Gasteiger partial charge is 0.495 e. The predicted octanol–water partition coefficient (Wildman–Crippen LogP) is 4.56. The van der Waals surface area contributed by atoms with Crippen molar-refractivity contribution in [1.82, 2.24) is 0 Å². The number of nitro groups is 1. The normalized spacial score (nSPS) is 10.6. The number of carbonyl (C=O) groups is 1. The van der Waals surface area contributed by atoms with Crippen molar-refractivity contribution in [2.75, 3.05) is 12.4 Å². The highest BCUT2D eigenvalue weighted by atomic mass is 35.5. The molecule has 1 N–H and O–H groups in total. The van der Waals surface area contributed by atoms with Gasteiger partial charge in [-0.1, -0.05) is 29.3 Å². The van der Waals surface area contributed by atoms with Crippen LogP contribution in [0, 0.1) is 10.1 Å². The van der Waals surface area contributed by atoms with Crippen LogP contribution in [0.2, 0.25) is 10.0 Å². The van der Waals surface area contributed by atoms with Crippen LogP contribution in [-0.2, 0) is 4.79 Å². The maximum Gasteiger partial charge on any atom is 0.271 e. The molecule has 6 nitrogen and oxygen atoms in total. The molecule has 1 amide bonds. The van der Waals surface area contributed by atoms with Gasteiger partial charge in [-0.2, -0.15) is 0 Å². The predicted molar refractivity (Wildman–Crippen MR) is 93.8 cm³/mol. The minimum atomic E-state index is -0.561. The lowest BCUT2D eigenvalue weighted by atomic mass is 10.2. The Morgan fingerprint density at radius 1 is 1.25 bits per heavy atom. The third-order valence-corrected chi connectivity index (χ3v) is 3.71. The number of methoxy groups -OCH3 is 1. The number of hydrogen-bond acceptors (Lipinski definition) is 4. The van der Waals surface area contributed by atoms with Crippen LogP contribution >= 0.6 is 23.2 Å². The first-order valence-corrected chi connectivity index (χ1v) is 7.43. The summed E-state index contributed by atoms with van der Waals surface area (Å²) in [6.45, 7) is 0. The molecule has 0 aliphatic heterocycles. The Hall–Kier alpha value is -2.57. The minimum Gasteiger partial charge on any atom is -0.495 e. The van der Waals surface area contributed by atoms with Crippen LogP contribution in [-0.4, -0.2) is 17.9 Å². The first-order valence-electron chi connectivity index (χ1n) is 6.68. The molecule has 2 aromatic rings. The summed E-state index contributed by atoms with van der Waals surface area (Å²) in [4.78, 5) is 22.3. The topological polar surface area (TPSA) is 81.5 Å². The van der Waals surface area contributed by atoms with E-state index >= 15 is 0 Å². The summed E-state index contributed by atoms with van der Waals surface area (Å²) in [7, 11) is 1.40. The summed E-state index contributed by atoms with van der Waals surface area (Å²) >= 11 is 12.0. The van der Waals surface area contributed by atoms with Crippen LogP contribution < -0.4 is 10.1 Å². The van der Waals surface area contributed by atoms with Crippen molar-refractivity contribution in [2.24, 2.45) is 0 Å². The Morgan fingerprint density at radius 3 is 2.50 bits per heavy atom. The number of halogens is 2. The number of hydrogen-bond donors (Lipinski definition) is 1. The number of benzene rings is 2. The number of nitrogens with one attached hydrogen (secondary N) is 1. The van der Waals surface area contributed by atoms with Gasteiger partial charge >= 0.3 is 0 Å². The van der Waals surface area contributed by atoms with E-state index in [0.717, 1.165) is 0 Å². The average molecular weight is 367 g/mol. The van der Waals surface area contributed by atoms with E-state index in [1.54, 1.807) is 18.2 Å². The van der Waals surface area contributed by atoms with Crippen molar-refractivity contribution in [3.63, 3.8) is 0 Å². The third-order valence-electron chi connectivity index (χ3n) is 3.05. The van der Waals surface area contributed by atoms with Crippen LogP contribution in [0.25, 0.3) is 6.08 Å². The Kier molecular flexibility index (Phi) is 5.78. The lowest BCUT2D eigenvalue weighted by Gasteiger charge is -2.08. The quantitative estimate of drug-likeness (QED) is 0.477. The van der Waals surface area contributed by atoms with E-state index in [4.69, 9.17) is 27.9 Å². The smallest absolute Gasteiger partial charge is 0.271 e. The highest BCUT2D eigenvalue weighted by Crippen LogP contribution is 2.29. The Bertz CT molecular complexity index is 801. The molecule has 0 spiro atoms. The highest BCUT2D eigenvalue weighted by Gasteiger charge is 2.13. The van der Waals surface area contributed by atoms with Crippen molar-refractivity contribution in [3.05, 3.63) is 68.2 Å². The number of amides is 1. The van der Waals surface area contributed by atoms with Gasteiger partial charge in [0.25, 0.3) is 5.69 Å². The molecular weight excluding hydrogens is 355 g/mol. The molecule has 0 fully saturated rings. The molecule has 124 valence electrons. The molecular formula is C16H12Cl2N2O4. The summed E-state index contributed by atoms with van der Waals surface area (Å²) in [5, 5.41) is 14.2. The van der Waals surface area contributed by atoms with E-state index in [9.17, 15) is 14.9 Å². The summed E-state index contributed by atoms with van der Waals surface area (Å²) in [5.74, 6) is -0.206. The Balaban J connectivity index is 2.22. The fourth-order valence-electron chi connectivity index (χ4n) is 1.91. The lowest BCUT2D eigenvalue weighted by molar-refractivity contribution is -0.384. The van der Waals surface area contributed by atoms with E-state index in [-0.39, 0.29) is 11.4 Å². The van der Waals surface area contributed by atoms with Gasteiger partial charge in [0, 0.05) is 33.8 Å². The third kappa shape index (κ3) is 4.24. The molecule has 0 saturated carbocycles. The second-order valence-corrected chi connectivity index (χ2v) is 5.41. The molecule has 2 rings (SSSR count). The molecule has 0 aliphatic carbocycles. The summed E-state index contributed by atoms with van der Waals surface area (Å²) < 4.78 is 5.08. The van der Waals surface area contributed by atoms with Gasteiger partial charge in [0.05, 0.1) is 17.7 Å². The number of nitro benzene ring substituents is 1. The Labute approximate surface area is 147 Å². The first-order chi connectivity index (χ1) is 11.4. The molecule has 0 aromatic heterocycles. The van der Waals surface area contributed by atoms with E-state index in [1.165, 1.54) is 37.5 Å². The maximum absolute atomic E-state index is 12.0. The van der Waals surface area contributed by atoms with E-state index in [0.29, 0.717) is 21.4 Å². The number of rotatable bonds is 5. The van der Waals surface area contributed by atoms with E-state index in [1.807, 2.05) is 0 Å². The van der Waals surface area contributed by atoms with Crippen LogP contribution in [0.1, 0.15) is 5.56 Å². The van der Waals surface area contributed by atoms with E-state index in [2.05, 4.69) is 5.32 Å². The van der Waals surface area contributed by atoms with Gasteiger partial charge in [-0.05, 0) is 24.3 Å². The van der Waals surface area contributed by atoms with Gasteiger partial charge in [-0.25, -0.2) is 0 Å². The fraction of sp³-hybridized carbons (Fsp3) is 0.0625. The van der Waals surface area contributed by atoms with Crippen LogP contribution in [0.4, 0.5) is 11.4 Å². The summed E-state index contributed by atoms with van der Waals surface area (Å²) in [6.07, 6.45) is 2.69. The van der Waals surface area contributed by atoms with Gasteiger partial charge in [0.2, 0.25) is 5.91 Å². The monoisotopic (exact) mass is 366 g/mol. The SMILES string of the molecule is COc1ccc([N+](=O)[O-])cc1NC(=O)C=Cc1c(Cl)cccc1Cl. The van der Waals surface area contributed by atoms with Gasteiger partial charge in [-0.3, -0.25) is 14.9 Å². The zero-order chi connectivity index (χ0) is 17.7. The van der Waals surface area contributed by atoms with Gasteiger partial charge in [0.15, 0.2) is 0 Å². The second-order valence-electron chi connectivity index (χ2n) is 4.60. The summed E-state index contributed by atoms with van der Waals surface area (Å²) in [6, 6.07) is 8.89. The number of ether oxygens (including phenoxy) is 1. The van der Waals surface area contributed by atoms with Gasteiger partial charge in [0.1, 0.15) is 5.75 Å². The van der Waals surface area contributed by atoms with Crippen molar-refractivity contribution in [3.8, 4) is 5.75 Å². The zero-order valence-corrected chi connectivity index (χ0v) is 14.0. The fourth-order valence-corrected chi connectivity index (χ4v) is 2.43. The van der Waals surface area contributed by atoms with Crippen LogP contribution in [0.5, 0.6) is 5.75 Å². The molecule has 0 unspecified atom stereocenters. The van der Waals surface area contributed by atoms with Crippen molar-refractivity contribution < 1.29 is 14.5 Å². The van der Waals surface area contributed by atoms with Gasteiger partial charge < -0.3 is 10.1 Å². The molecule has 24 heavy (non-hydrogen) atoms. The maximum atomic E-state index is 12.0. The number of carbonyl (C=O) groups excluding carboxylic acids is 1. The first kappa shape index (κ1) is 17.8. The molecule has 8 heteroatoms. The molecule has 0 atom stereocenters. The lowest BCUT2D eigenvalue weighted by Crippen LogP contribution is -2.09. The minimum absolute atomic E-state index is 0.163. The van der Waals surface area contributed by atoms with Crippen LogP contribution in [0.3, 0.4) is 0 Å². The Morgan fingerprint density at radius 2 is 1.92 bits per heavy atom. The standard InChI is InChI=1S/C16H12Cl2N2O4/c1-24-15-7-5-10(20(22)23)9-14(15)19-16(21)8-6-11-12(17)3-2-4-13(11)18/h2-9H,1H3,(H,19,21). The summed E-state index contributed by atoms with van der Waals surface area (Å²) in [5.41, 5.74) is 0.526. The molecule has 0 aliphatic rings. The van der Waals surface area contributed by atoms with Crippen LogP contribution in [0.15, 0.2) is 42.5 Å². The zero-order valence-electron chi connectivity index (χ0n) is 12.5. The number of nitrogens with zero attached hydrogens (tertiary/aromatic N) is 1. The number of anilines is 1. The van der Waals surface area contributed by atoms with Crippen molar-refractivity contribution in [2.45, 2.75) is 0 Å². The number of non-ortho nitro benzene ring substituents is 1. The molecule has 0 bridgehead atoms. The molecule has 0 radical (unpaired) electrons. The second kappa shape index (κ2) is 7.81. The highest BCUT2D eigenvalue weighted by molar-refractivity contribution is 6.37. The van der Waals surface area contributed by atoms with Crippen molar-refractivity contribution >= 4 is 46.6 Å². The molecule has 0 saturated heterocycles. The van der Waals surface area contributed by atoms with Crippen molar-refractivity contribution in [1.29, 1.82) is 0 Å². The molecule has 0 heterocycles. The van der Waals surface area contributed by atoms with E-state index < -0.39 is 10.8 Å². The van der Waals surface area contributed by atoms with Gasteiger partial charge in [-0.15, -0.1) is 0 Å². The average Bonchev–Trinajstić information content (AvgIpc) is 2.54. The molecule has 2 aromatic carbocycles.